The summed E-state index contributed by atoms with van der Waals surface area (Å²) in [6, 6.07) is 4.31. The second kappa shape index (κ2) is 5.35. The number of benzene rings is 1. The lowest BCUT2D eigenvalue weighted by Crippen LogP contribution is -2.22. The molecule has 1 aromatic carbocycles. The molecule has 1 aromatic rings. The van der Waals surface area contributed by atoms with Gasteiger partial charge in [0.15, 0.2) is 0 Å². The molecule has 18 heavy (non-hydrogen) atoms. The lowest BCUT2D eigenvalue weighted by atomic mass is 9.97. The normalized spacial score (nSPS) is 11.1. The van der Waals surface area contributed by atoms with Crippen LogP contribution in [-0.4, -0.2) is 10.9 Å². The molecule has 0 bridgehead atoms. The number of ether oxygens (including phenoxy) is 1. The summed E-state index contributed by atoms with van der Waals surface area (Å²) in [4.78, 5) is 21.7. The number of esters is 1. The van der Waals surface area contributed by atoms with Crippen molar-refractivity contribution in [2.45, 2.75) is 27.4 Å². The van der Waals surface area contributed by atoms with E-state index in [0.717, 1.165) is 0 Å². The topological polar surface area (TPSA) is 69.4 Å². The third-order valence-electron chi connectivity index (χ3n) is 2.19. The minimum Gasteiger partial charge on any atom is -0.460 e. The van der Waals surface area contributed by atoms with Gasteiger partial charge in [-0.05, 0) is 32.4 Å². The number of hydrogen-bond acceptors (Lipinski definition) is 4. The summed E-state index contributed by atoms with van der Waals surface area (Å²) in [7, 11) is 0. The van der Waals surface area contributed by atoms with Crippen LogP contribution in [-0.2, 0) is 16.1 Å². The molecular weight excluding hydrogens is 258 g/mol. The lowest BCUT2D eigenvalue weighted by Gasteiger charge is -2.16. The van der Waals surface area contributed by atoms with E-state index in [9.17, 15) is 14.9 Å². The average Bonchev–Trinajstić information content (AvgIpc) is 2.25. The Labute approximate surface area is 110 Å². The van der Waals surface area contributed by atoms with Crippen LogP contribution in [0.15, 0.2) is 18.2 Å². The van der Waals surface area contributed by atoms with E-state index in [-0.39, 0.29) is 23.3 Å². The van der Waals surface area contributed by atoms with E-state index in [1.54, 1.807) is 26.8 Å². The first-order valence-corrected chi connectivity index (χ1v) is 5.69. The van der Waals surface area contributed by atoms with Crippen molar-refractivity contribution < 1.29 is 14.5 Å². The van der Waals surface area contributed by atoms with Crippen LogP contribution in [0.25, 0.3) is 0 Å². The molecule has 1 rings (SSSR count). The highest BCUT2D eigenvalue weighted by molar-refractivity contribution is 6.32. The molecular formula is C12H14ClNO4. The molecule has 0 aliphatic carbocycles. The van der Waals surface area contributed by atoms with Crippen LogP contribution in [0.1, 0.15) is 26.3 Å². The number of hydrogen-bond donors (Lipinski definition) is 0. The third-order valence-corrected chi connectivity index (χ3v) is 2.51. The maximum absolute atomic E-state index is 11.5. The fourth-order valence-electron chi connectivity index (χ4n) is 1.15. The first-order chi connectivity index (χ1) is 8.21. The van der Waals surface area contributed by atoms with Crippen LogP contribution < -0.4 is 0 Å². The van der Waals surface area contributed by atoms with Gasteiger partial charge in [-0.1, -0.05) is 17.7 Å². The molecule has 0 atom stereocenters. The molecule has 0 unspecified atom stereocenters. The molecule has 6 heteroatoms. The van der Waals surface area contributed by atoms with E-state index in [1.807, 2.05) is 0 Å². The molecule has 0 saturated heterocycles. The number of halogens is 1. The number of nitrogens with zero attached hydrogens (tertiary/aromatic N) is 1. The number of carbonyl (C=O) groups excluding carboxylic acids is 1. The van der Waals surface area contributed by atoms with E-state index in [4.69, 9.17) is 16.3 Å². The molecule has 98 valence electrons. The predicted octanol–water partition coefficient (Wildman–Crippen LogP) is 3.34. The van der Waals surface area contributed by atoms with Crippen molar-refractivity contribution in [1.82, 2.24) is 0 Å². The minimum absolute atomic E-state index is 0.00584. The van der Waals surface area contributed by atoms with Gasteiger partial charge in [-0.3, -0.25) is 14.9 Å². The molecule has 0 N–H and O–H groups in total. The first kappa shape index (κ1) is 14.4. The molecule has 0 heterocycles. The van der Waals surface area contributed by atoms with Crippen molar-refractivity contribution >= 4 is 23.3 Å². The summed E-state index contributed by atoms with van der Waals surface area (Å²) < 4.78 is 5.06. The summed E-state index contributed by atoms with van der Waals surface area (Å²) in [6.07, 6.45) is 0. The Morgan fingerprint density at radius 2 is 2.06 bits per heavy atom. The van der Waals surface area contributed by atoms with Gasteiger partial charge in [0.05, 0.1) is 10.3 Å². The van der Waals surface area contributed by atoms with Gasteiger partial charge < -0.3 is 4.74 Å². The predicted molar refractivity (Wildman–Crippen MR) is 67.4 cm³/mol. The number of nitro benzene ring substituents is 1. The first-order valence-electron chi connectivity index (χ1n) is 5.32. The fraction of sp³-hybridized carbons (Fsp3) is 0.417. The van der Waals surface area contributed by atoms with Crippen LogP contribution in [0, 0.1) is 15.5 Å². The van der Waals surface area contributed by atoms with Crippen LogP contribution in [0.3, 0.4) is 0 Å². The van der Waals surface area contributed by atoms with Crippen molar-refractivity contribution in [3.63, 3.8) is 0 Å². The Morgan fingerprint density at radius 1 is 1.44 bits per heavy atom. The zero-order chi connectivity index (χ0) is 13.9. The van der Waals surface area contributed by atoms with E-state index in [0.29, 0.717) is 5.56 Å². The standard InChI is InChI=1S/C12H14ClNO4/c1-12(2,3)11(15)18-7-8-4-5-9(13)10(6-8)14(16)17/h4-6H,7H2,1-3H3. The molecule has 0 aliphatic rings. The van der Waals surface area contributed by atoms with Gasteiger partial charge in [0, 0.05) is 6.07 Å². The smallest absolute Gasteiger partial charge is 0.311 e. The van der Waals surface area contributed by atoms with E-state index in [2.05, 4.69) is 0 Å². The van der Waals surface area contributed by atoms with Gasteiger partial charge in [0.25, 0.3) is 5.69 Å². The van der Waals surface area contributed by atoms with Gasteiger partial charge in [0.1, 0.15) is 11.6 Å². The van der Waals surface area contributed by atoms with Gasteiger partial charge >= 0.3 is 5.97 Å². The highest BCUT2D eigenvalue weighted by atomic mass is 35.5. The van der Waals surface area contributed by atoms with Crippen molar-refractivity contribution in [2.75, 3.05) is 0 Å². The Kier molecular flexibility index (Phi) is 4.29. The molecule has 0 saturated carbocycles. The SMILES string of the molecule is CC(C)(C)C(=O)OCc1ccc(Cl)c([N+](=O)[O-])c1. The lowest BCUT2D eigenvalue weighted by molar-refractivity contribution is -0.384. The summed E-state index contributed by atoms with van der Waals surface area (Å²) in [5, 5.41) is 10.7. The van der Waals surface area contributed by atoms with E-state index >= 15 is 0 Å². The Hall–Kier alpha value is -1.62. The van der Waals surface area contributed by atoms with Crippen LogP contribution in [0.5, 0.6) is 0 Å². The molecule has 0 aromatic heterocycles. The fourth-order valence-corrected chi connectivity index (χ4v) is 1.34. The monoisotopic (exact) mass is 271 g/mol. The minimum atomic E-state index is -0.599. The number of rotatable bonds is 3. The van der Waals surface area contributed by atoms with Gasteiger partial charge in [-0.15, -0.1) is 0 Å². The van der Waals surface area contributed by atoms with Gasteiger partial charge in [-0.2, -0.15) is 0 Å². The van der Waals surface area contributed by atoms with Gasteiger partial charge in [-0.25, -0.2) is 0 Å². The molecule has 0 spiro atoms. The maximum Gasteiger partial charge on any atom is 0.311 e. The van der Waals surface area contributed by atoms with Crippen molar-refractivity contribution in [3.05, 3.63) is 38.9 Å². The van der Waals surface area contributed by atoms with Crippen molar-refractivity contribution in [3.8, 4) is 0 Å². The second-order valence-electron chi connectivity index (χ2n) is 4.87. The molecule has 0 amide bonds. The van der Waals surface area contributed by atoms with Crippen molar-refractivity contribution in [2.24, 2.45) is 5.41 Å². The third kappa shape index (κ3) is 3.70. The van der Waals surface area contributed by atoms with E-state index < -0.39 is 10.3 Å². The molecule has 0 radical (unpaired) electrons. The van der Waals surface area contributed by atoms with E-state index in [1.165, 1.54) is 12.1 Å². The molecule has 0 aliphatic heterocycles. The second-order valence-corrected chi connectivity index (χ2v) is 5.28. The van der Waals surface area contributed by atoms with Gasteiger partial charge in [0.2, 0.25) is 0 Å². The molecule has 5 nitrogen and oxygen atoms in total. The Balaban J connectivity index is 2.78. The summed E-state index contributed by atoms with van der Waals surface area (Å²) in [5.74, 6) is -0.361. The zero-order valence-corrected chi connectivity index (χ0v) is 11.2. The zero-order valence-electron chi connectivity index (χ0n) is 10.4. The Bertz CT molecular complexity index is 479. The Morgan fingerprint density at radius 3 is 2.56 bits per heavy atom. The largest absolute Gasteiger partial charge is 0.460 e. The maximum atomic E-state index is 11.5. The van der Waals surface area contributed by atoms with Crippen LogP contribution >= 0.6 is 11.6 Å². The van der Waals surface area contributed by atoms with Crippen LogP contribution in [0.2, 0.25) is 5.02 Å². The van der Waals surface area contributed by atoms with Crippen LogP contribution in [0.4, 0.5) is 5.69 Å². The average molecular weight is 272 g/mol. The summed E-state index contributed by atoms with van der Waals surface area (Å²) in [5.41, 5.74) is -0.261. The highest BCUT2D eigenvalue weighted by Gasteiger charge is 2.23. The quantitative estimate of drug-likeness (QED) is 0.480. The van der Waals surface area contributed by atoms with Crippen molar-refractivity contribution in [1.29, 1.82) is 0 Å². The number of carbonyl (C=O) groups is 1. The number of nitro groups is 1. The summed E-state index contributed by atoms with van der Waals surface area (Å²) in [6.45, 7) is 5.20. The highest BCUT2D eigenvalue weighted by Crippen LogP contribution is 2.25. The molecule has 0 fully saturated rings. The summed E-state index contributed by atoms with van der Waals surface area (Å²) >= 11 is 5.68.